The van der Waals surface area contributed by atoms with E-state index in [0.717, 1.165) is 3.57 Å². The summed E-state index contributed by atoms with van der Waals surface area (Å²) in [5.41, 5.74) is 0. The van der Waals surface area contributed by atoms with Crippen LogP contribution in [0.15, 0.2) is 29.2 Å². The summed E-state index contributed by atoms with van der Waals surface area (Å²) in [6.45, 7) is 0. The average Bonchev–Trinajstić information content (AvgIpc) is 1.86. The molecule has 0 aromatic heterocycles. The van der Waals surface area contributed by atoms with Crippen molar-refractivity contribution in [2.24, 2.45) is 0 Å². The molecule has 1 radical (unpaired) electrons. The largest absolute Gasteiger partial charge is 0.224 e. The smallest absolute Gasteiger partial charge is 0.179 e. The van der Waals surface area contributed by atoms with Gasteiger partial charge in [0, 0.05) is 3.57 Å². The molecule has 0 amide bonds. The van der Waals surface area contributed by atoms with Crippen LogP contribution in [0.1, 0.15) is 0 Å². The Morgan fingerprint density at radius 2 is 1.64 bits per heavy atom. The molecule has 1 aromatic rings. The van der Waals surface area contributed by atoms with Gasteiger partial charge in [-0.25, -0.2) is 8.42 Å². The van der Waals surface area contributed by atoms with Gasteiger partial charge in [-0.05, 0) is 46.9 Å². The van der Waals surface area contributed by atoms with E-state index >= 15 is 0 Å². The van der Waals surface area contributed by atoms with Crippen LogP contribution in [0.4, 0.5) is 0 Å². The highest BCUT2D eigenvalue weighted by molar-refractivity contribution is 14.1. The van der Waals surface area contributed by atoms with Gasteiger partial charge in [-0.2, -0.15) is 0 Å². The second kappa shape index (κ2) is 3.10. The zero-order valence-corrected chi connectivity index (χ0v) is 8.59. The summed E-state index contributed by atoms with van der Waals surface area (Å²) in [5.74, 6) is 0. The fourth-order valence-corrected chi connectivity index (χ4v) is 1.55. The van der Waals surface area contributed by atoms with E-state index in [0.29, 0.717) is 0 Å². The minimum absolute atomic E-state index is 0.262. The number of hydrogen-bond acceptors (Lipinski definition) is 2. The molecule has 0 bridgehead atoms. The Morgan fingerprint density at radius 3 is 2.00 bits per heavy atom. The van der Waals surface area contributed by atoms with Gasteiger partial charge < -0.3 is 0 Å². The molecule has 59 valence electrons. The molecule has 0 saturated heterocycles. The van der Waals surface area contributed by atoms with Crippen LogP contribution in [0.2, 0.25) is 0 Å². The van der Waals surface area contributed by atoms with Crippen molar-refractivity contribution in [1.82, 2.24) is 0 Å². The zero-order valence-electron chi connectivity index (χ0n) is 5.62. The van der Waals surface area contributed by atoms with Crippen molar-refractivity contribution in [2.45, 2.75) is 4.90 Å². The van der Waals surface area contributed by atoms with Gasteiger partial charge >= 0.3 is 0 Å². The maximum absolute atomic E-state index is 10.8. The van der Waals surface area contributed by atoms with Crippen molar-refractivity contribution in [3.8, 4) is 0 Å². The van der Waals surface area contributed by atoms with Crippen LogP contribution >= 0.6 is 22.6 Å². The number of sulfone groups is 1. The van der Waals surface area contributed by atoms with Crippen LogP contribution in [0.3, 0.4) is 0 Å². The predicted molar refractivity (Wildman–Crippen MR) is 51.7 cm³/mol. The van der Waals surface area contributed by atoms with Crippen LogP contribution in [0.25, 0.3) is 0 Å². The van der Waals surface area contributed by atoms with Gasteiger partial charge in [0.15, 0.2) is 9.84 Å². The minimum Gasteiger partial charge on any atom is -0.224 e. The Morgan fingerprint density at radius 1 is 1.18 bits per heavy atom. The standard InChI is InChI=1S/C7H6IO2S/c1-11(9,10)7-4-2-6(8)3-5-7/h2-5H,1H2. The molecule has 1 rings (SSSR count). The Labute approximate surface area is 79.7 Å². The number of benzene rings is 1. The molecule has 0 spiro atoms. The third kappa shape index (κ3) is 2.44. The minimum atomic E-state index is -3.27. The van der Waals surface area contributed by atoms with Crippen molar-refractivity contribution >= 4 is 32.4 Å². The first-order valence-electron chi connectivity index (χ1n) is 2.84. The fraction of sp³-hybridized carbons (Fsp3) is 0. The highest BCUT2D eigenvalue weighted by Gasteiger charge is 2.04. The zero-order chi connectivity index (χ0) is 8.48. The van der Waals surface area contributed by atoms with E-state index in [1.165, 1.54) is 0 Å². The topological polar surface area (TPSA) is 34.1 Å². The molecule has 0 unspecified atom stereocenters. The van der Waals surface area contributed by atoms with E-state index < -0.39 is 9.84 Å². The summed E-state index contributed by atoms with van der Waals surface area (Å²) < 4.78 is 22.7. The molecule has 2 nitrogen and oxygen atoms in total. The Bertz CT molecular complexity index is 339. The van der Waals surface area contributed by atoms with Crippen LogP contribution in [-0.4, -0.2) is 8.42 Å². The van der Waals surface area contributed by atoms with Gasteiger partial charge in [0.2, 0.25) is 0 Å². The summed E-state index contributed by atoms with van der Waals surface area (Å²) in [7, 11) is -3.27. The van der Waals surface area contributed by atoms with E-state index in [1.54, 1.807) is 24.3 Å². The molecule has 11 heavy (non-hydrogen) atoms. The van der Waals surface area contributed by atoms with Gasteiger partial charge in [0.25, 0.3) is 0 Å². The lowest BCUT2D eigenvalue weighted by atomic mass is 10.4. The van der Waals surface area contributed by atoms with Crippen LogP contribution in [0, 0.1) is 9.83 Å². The summed E-state index contributed by atoms with van der Waals surface area (Å²) in [5, 5.41) is 0. The van der Waals surface area contributed by atoms with E-state index in [4.69, 9.17) is 0 Å². The third-order valence-electron chi connectivity index (χ3n) is 1.17. The highest BCUT2D eigenvalue weighted by atomic mass is 127. The Hall–Kier alpha value is -0.100. The molecule has 0 aliphatic heterocycles. The third-order valence-corrected chi connectivity index (χ3v) is 2.88. The van der Waals surface area contributed by atoms with E-state index in [9.17, 15) is 8.42 Å². The Kier molecular flexibility index (Phi) is 2.54. The maximum atomic E-state index is 10.8. The normalized spacial score (nSPS) is 11.5. The van der Waals surface area contributed by atoms with Crippen molar-refractivity contribution in [3.05, 3.63) is 34.1 Å². The van der Waals surface area contributed by atoms with Gasteiger partial charge in [0.1, 0.15) is 0 Å². The quantitative estimate of drug-likeness (QED) is 0.736. The van der Waals surface area contributed by atoms with E-state index in [2.05, 4.69) is 28.8 Å². The highest BCUT2D eigenvalue weighted by Crippen LogP contribution is 2.11. The summed E-state index contributed by atoms with van der Waals surface area (Å²) in [6, 6.07) is 6.56. The molecule has 0 aliphatic carbocycles. The van der Waals surface area contributed by atoms with Crippen LogP contribution in [0.5, 0.6) is 0 Å². The summed E-state index contributed by atoms with van der Waals surface area (Å²) in [6.07, 6.45) is 3.04. The molecule has 0 saturated carbocycles. The number of rotatable bonds is 1. The second-order valence-corrected chi connectivity index (χ2v) is 5.02. The van der Waals surface area contributed by atoms with Crippen LogP contribution in [-0.2, 0) is 9.84 Å². The monoisotopic (exact) mass is 281 g/mol. The predicted octanol–water partition coefficient (Wildman–Crippen LogP) is 1.86. The van der Waals surface area contributed by atoms with Gasteiger partial charge in [-0.15, -0.1) is 0 Å². The van der Waals surface area contributed by atoms with Crippen molar-refractivity contribution in [3.63, 3.8) is 0 Å². The van der Waals surface area contributed by atoms with E-state index in [1.807, 2.05) is 0 Å². The Balaban J connectivity index is 3.20. The summed E-state index contributed by atoms with van der Waals surface area (Å²) in [4.78, 5) is 0.262. The van der Waals surface area contributed by atoms with Gasteiger partial charge in [0.05, 0.1) is 11.2 Å². The lowest BCUT2D eigenvalue weighted by Crippen LogP contribution is -1.93. The lowest BCUT2D eigenvalue weighted by Gasteiger charge is -1.95. The number of hydrogen-bond donors (Lipinski definition) is 0. The first kappa shape index (κ1) is 8.99. The second-order valence-electron chi connectivity index (χ2n) is 2.07. The molecule has 0 aliphatic rings. The van der Waals surface area contributed by atoms with Crippen molar-refractivity contribution in [1.29, 1.82) is 0 Å². The fourth-order valence-electron chi connectivity index (χ4n) is 0.642. The average molecular weight is 281 g/mol. The van der Waals surface area contributed by atoms with E-state index in [-0.39, 0.29) is 4.90 Å². The van der Waals surface area contributed by atoms with Crippen LogP contribution < -0.4 is 0 Å². The van der Waals surface area contributed by atoms with Crippen molar-refractivity contribution in [2.75, 3.05) is 0 Å². The molecular formula is C7H6IO2S. The van der Waals surface area contributed by atoms with Gasteiger partial charge in [-0.1, -0.05) is 0 Å². The molecule has 4 heteroatoms. The molecule has 0 N–H and O–H groups in total. The van der Waals surface area contributed by atoms with Crippen molar-refractivity contribution < 1.29 is 8.42 Å². The maximum Gasteiger partial charge on any atom is 0.179 e. The SMILES string of the molecule is [CH2]S(=O)(=O)c1ccc(I)cc1. The van der Waals surface area contributed by atoms with Gasteiger partial charge in [-0.3, -0.25) is 0 Å². The molecule has 0 atom stereocenters. The first-order valence-corrected chi connectivity index (χ1v) is 5.57. The summed E-state index contributed by atoms with van der Waals surface area (Å²) >= 11 is 2.11. The molecule has 1 aromatic carbocycles. The molecular weight excluding hydrogens is 275 g/mol. The molecule has 0 fully saturated rings. The number of halogens is 1. The first-order chi connectivity index (χ1) is 5.00. The lowest BCUT2D eigenvalue weighted by molar-refractivity contribution is 0.604. The molecule has 0 heterocycles.